The van der Waals surface area contributed by atoms with Gasteiger partial charge in [-0.05, 0) is 38.0 Å². The Morgan fingerprint density at radius 1 is 0.594 bits per heavy atom. The number of hydrogen-bond acceptors (Lipinski definition) is 3. The van der Waals surface area contributed by atoms with Crippen molar-refractivity contribution in [3.8, 4) is 0 Å². The maximum absolute atomic E-state index is 11.6. The van der Waals surface area contributed by atoms with Gasteiger partial charge < -0.3 is 9.47 Å². The Hall–Kier alpha value is -0.990. The Morgan fingerprint density at radius 2 is 1.00 bits per heavy atom. The average Bonchev–Trinajstić information content (AvgIpc) is 2.77. The van der Waals surface area contributed by atoms with Crippen molar-refractivity contribution in [3.63, 3.8) is 0 Å². The van der Waals surface area contributed by atoms with Gasteiger partial charge in [0, 0.05) is 0 Å². The molecular weight excluding hydrogens is 396 g/mol. The van der Waals surface area contributed by atoms with Crippen LogP contribution in [0.15, 0.2) is 12.2 Å². The molecule has 0 aliphatic rings. The second-order valence-electron chi connectivity index (χ2n) is 9.84. The van der Waals surface area contributed by atoms with Crippen molar-refractivity contribution < 1.29 is 14.3 Å². The summed E-state index contributed by atoms with van der Waals surface area (Å²) in [5.74, 6) is 0.849. The molecule has 0 aromatic rings. The number of carbonyl (C=O) groups excluding carboxylic acids is 1. The molecule has 3 heteroatoms. The van der Waals surface area contributed by atoms with E-state index in [9.17, 15) is 4.79 Å². The van der Waals surface area contributed by atoms with Gasteiger partial charge in [0.1, 0.15) is 0 Å². The first-order valence-corrected chi connectivity index (χ1v) is 14.1. The maximum Gasteiger partial charge on any atom is 0.508 e. The summed E-state index contributed by atoms with van der Waals surface area (Å²) in [4.78, 5) is 11.6. The third-order valence-corrected chi connectivity index (χ3v) is 6.02. The van der Waals surface area contributed by atoms with E-state index in [0.29, 0.717) is 13.2 Å². The monoisotopic (exact) mass is 452 g/mol. The lowest BCUT2D eigenvalue weighted by molar-refractivity contribution is 0.0529. The molecule has 3 nitrogen and oxygen atoms in total. The van der Waals surface area contributed by atoms with E-state index in [1.807, 2.05) is 0 Å². The summed E-state index contributed by atoms with van der Waals surface area (Å²) in [5, 5.41) is 0. The second-order valence-corrected chi connectivity index (χ2v) is 9.84. The summed E-state index contributed by atoms with van der Waals surface area (Å²) in [7, 11) is 0. The van der Waals surface area contributed by atoms with Crippen molar-refractivity contribution >= 4 is 6.16 Å². The van der Waals surface area contributed by atoms with E-state index >= 15 is 0 Å². The lowest BCUT2D eigenvalue weighted by Crippen LogP contribution is -2.09. The first kappa shape index (κ1) is 31.0. The highest BCUT2D eigenvalue weighted by Gasteiger charge is 2.03. The van der Waals surface area contributed by atoms with Gasteiger partial charge in [0.25, 0.3) is 0 Å². The Kier molecular flexibility index (Phi) is 25.5. The van der Waals surface area contributed by atoms with Crippen molar-refractivity contribution in [2.45, 2.75) is 149 Å². The highest BCUT2D eigenvalue weighted by Crippen LogP contribution is 2.13. The molecule has 190 valence electrons. The van der Waals surface area contributed by atoms with Crippen molar-refractivity contribution in [2.75, 3.05) is 13.2 Å². The van der Waals surface area contributed by atoms with Gasteiger partial charge in [-0.25, -0.2) is 4.79 Å². The molecule has 0 heterocycles. The number of unbranched alkanes of at least 4 members (excludes halogenated alkanes) is 16. The van der Waals surface area contributed by atoms with Crippen LogP contribution in [0.4, 0.5) is 4.79 Å². The minimum atomic E-state index is -0.485. The molecule has 0 N–H and O–H groups in total. The van der Waals surface area contributed by atoms with Crippen LogP contribution in [0.1, 0.15) is 149 Å². The molecule has 0 saturated carbocycles. The second kappa shape index (κ2) is 26.3. The van der Waals surface area contributed by atoms with Crippen LogP contribution in [-0.2, 0) is 9.47 Å². The molecule has 0 rings (SSSR count). The third kappa shape index (κ3) is 27.0. The molecule has 0 saturated heterocycles. The summed E-state index contributed by atoms with van der Waals surface area (Å²) < 4.78 is 10.3. The van der Waals surface area contributed by atoms with Crippen LogP contribution in [0.5, 0.6) is 0 Å². The third-order valence-electron chi connectivity index (χ3n) is 6.02. The molecule has 0 fully saturated rings. The van der Waals surface area contributed by atoms with Crippen LogP contribution in [0.2, 0.25) is 0 Å². The van der Waals surface area contributed by atoms with E-state index in [1.54, 1.807) is 0 Å². The predicted octanol–water partition coefficient (Wildman–Crippen LogP) is 10.2. The molecule has 32 heavy (non-hydrogen) atoms. The van der Waals surface area contributed by atoms with Gasteiger partial charge in [-0.2, -0.15) is 0 Å². The van der Waals surface area contributed by atoms with Crippen molar-refractivity contribution in [3.05, 3.63) is 12.2 Å². The molecule has 0 unspecified atom stereocenters. The first-order chi connectivity index (χ1) is 15.7. The largest absolute Gasteiger partial charge is 0.508 e. The highest BCUT2D eigenvalue weighted by atomic mass is 16.7. The molecule has 0 aromatic heterocycles. The molecule has 0 aromatic carbocycles. The van der Waals surface area contributed by atoms with E-state index in [0.717, 1.165) is 31.6 Å². The van der Waals surface area contributed by atoms with Crippen LogP contribution < -0.4 is 0 Å². The summed E-state index contributed by atoms with van der Waals surface area (Å²) in [5.41, 5.74) is 0. The summed E-state index contributed by atoms with van der Waals surface area (Å²) in [6.07, 6.45) is 29.4. The summed E-state index contributed by atoms with van der Waals surface area (Å²) in [6, 6.07) is 0. The maximum atomic E-state index is 11.6. The topological polar surface area (TPSA) is 35.5 Å². The number of allylic oxidation sites excluding steroid dienone is 2. The summed E-state index contributed by atoms with van der Waals surface area (Å²) >= 11 is 0. The molecule has 0 spiro atoms. The standard InChI is InChI=1S/C29H56O3/c1-4-5-6-7-8-9-10-11-14-17-20-23-26-31-29(30)32-27-24-21-18-15-12-13-16-19-22-25-28(2)3/h7-8,28H,4-6,9-27H2,1-3H3/b8-7-. The van der Waals surface area contributed by atoms with Gasteiger partial charge in [0.2, 0.25) is 0 Å². The zero-order valence-electron chi connectivity index (χ0n) is 22.0. The van der Waals surface area contributed by atoms with Gasteiger partial charge >= 0.3 is 6.16 Å². The lowest BCUT2D eigenvalue weighted by atomic mass is 10.0. The zero-order valence-corrected chi connectivity index (χ0v) is 22.0. The Morgan fingerprint density at radius 3 is 1.47 bits per heavy atom. The van der Waals surface area contributed by atoms with E-state index in [-0.39, 0.29) is 0 Å². The molecule has 0 aliphatic carbocycles. The minimum Gasteiger partial charge on any atom is -0.434 e. The van der Waals surface area contributed by atoms with E-state index in [2.05, 4.69) is 32.9 Å². The predicted molar refractivity (Wildman–Crippen MR) is 139 cm³/mol. The number of ether oxygens (including phenoxy) is 2. The van der Waals surface area contributed by atoms with Crippen LogP contribution in [-0.4, -0.2) is 19.4 Å². The van der Waals surface area contributed by atoms with Crippen molar-refractivity contribution in [1.29, 1.82) is 0 Å². The van der Waals surface area contributed by atoms with E-state index < -0.39 is 6.16 Å². The Bertz CT molecular complexity index is 403. The zero-order chi connectivity index (χ0) is 23.5. The van der Waals surface area contributed by atoms with Crippen LogP contribution in [0, 0.1) is 5.92 Å². The molecule has 0 radical (unpaired) electrons. The van der Waals surface area contributed by atoms with E-state index in [4.69, 9.17) is 9.47 Å². The van der Waals surface area contributed by atoms with Gasteiger partial charge in [-0.15, -0.1) is 0 Å². The van der Waals surface area contributed by atoms with Crippen molar-refractivity contribution in [2.24, 2.45) is 5.92 Å². The number of rotatable bonds is 24. The molecule has 0 amide bonds. The van der Waals surface area contributed by atoms with Crippen LogP contribution >= 0.6 is 0 Å². The van der Waals surface area contributed by atoms with Crippen molar-refractivity contribution in [1.82, 2.24) is 0 Å². The highest BCUT2D eigenvalue weighted by molar-refractivity contribution is 5.59. The fraction of sp³-hybridized carbons (Fsp3) is 0.897. The number of hydrogen-bond donors (Lipinski definition) is 0. The van der Waals surface area contributed by atoms with Gasteiger partial charge in [-0.3, -0.25) is 0 Å². The fourth-order valence-electron chi connectivity index (χ4n) is 3.87. The molecule has 0 aliphatic heterocycles. The quantitative estimate of drug-likeness (QED) is 0.0829. The number of carbonyl (C=O) groups is 1. The Balaban J connectivity index is 3.19. The normalized spacial score (nSPS) is 11.5. The first-order valence-electron chi connectivity index (χ1n) is 14.1. The fourth-order valence-corrected chi connectivity index (χ4v) is 3.87. The van der Waals surface area contributed by atoms with Gasteiger partial charge in [0.15, 0.2) is 0 Å². The van der Waals surface area contributed by atoms with Gasteiger partial charge in [-0.1, -0.05) is 129 Å². The SMILES string of the molecule is CCCC/C=C\CCCCCCCCOC(=O)OCCCCCCCCCCCC(C)C. The summed E-state index contributed by atoms with van der Waals surface area (Å²) in [6.45, 7) is 7.85. The molecule has 0 bridgehead atoms. The van der Waals surface area contributed by atoms with E-state index in [1.165, 1.54) is 103 Å². The van der Waals surface area contributed by atoms with Gasteiger partial charge in [0.05, 0.1) is 13.2 Å². The minimum absolute atomic E-state index is 0.485. The Labute approximate surface area is 201 Å². The molecule has 0 atom stereocenters. The smallest absolute Gasteiger partial charge is 0.434 e. The average molecular weight is 453 g/mol. The lowest BCUT2D eigenvalue weighted by Gasteiger charge is -2.07. The van der Waals surface area contributed by atoms with Crippen LogP contribution in [0.3, 0.4) is 0 Å². The van der Waals surface area contributed by atoms with Crippen LogP contribution in [0.25, 0.3) is 0 Å². The molecular formula is C29H56O3.